The van der Waals surface area contributed by atoms with E-state index in [0.717, 1.165) is 25.7 Å². The van der Waals surface area contributed by atoms with E-state index in [1.165, 1.54) is 11.1 Å². The predicted molar refractivity (Wildman–Crippen MR) is 65.7 cm³/mol. The van der Waals surface area contributed by atoms with Crippen molar-refractivity contribution in [3.63, 3.8) is 0 Å². The first kappa shape index (κ1) is 18.6. The van der Waals surface area contributed by atoms with E-state index in [9.17, 15) is 0 Å². The van der Waals surface area contributed by atoms with Crippen LogP contribution >= 0.6 is 0 Å². The van der Waals surface area contributed by atoms with Crippen molar-refractivity contribution in [3.8, 4) is 0 Å². The fourth-order valence-corrected chi connectivity index (χ4v) is 1.21. The Hall–Kier alpha value is 0.232. The number of benzene rings is 1. The smallest absolute Gasteiger partial charge is 0.396 e. The van der Waals surface area contributed by atoms with Gasteiger partial charge in [0, 0.05) is 6.61 Å². The maximum Gasteiger partial charge on any atom is 2.00 e. The molecule has 1 aromatic carbocycles. The molecular formula is C14H22OU. The van der Waals surface area contributed by atoms with Crippen LogP contribution in [0, 0.1) is 58.0 Å². The molecule has 0 unspecified atom stereocenters. The number of hydrogen-bond donors (Lipinski definition) is 1. The monoisotopic (exact) mass is 444 g/mol. The molecule has 1 N–H and O–H groups in total. The first-order valence-electron chi connectivity index (χ1n) is 5.55. The Morgan fingerprint density at radius 2 is 1.69 bits per heavy atom. The molecule has 1 aromatic rings. The molecule has 0 fully saturated rings. The molecule has 0 aromatic heterocycles. The van der Waals surface area contributed by atoms with E-state index in [-0.39, 0.29) is 31.1 Å². The van der Waals surface area contributed by atoms with Crippen LogP contribution in [-0.4, -0.2) is 11.7 Å². The van der Waals surface area contributed by atoms with Crippen molar-refractivity contribution in [2.24, 2.45) is 0 Å². The van der Waals surface area contributed by atoms with Crippen LogP contribution < -0.4 is 0 Å². The number of unbranched alkanes of at least 4 members (excludes halogenated alkanes) is 3. The molecule has 0 spiro atoms. The van der Waals surface area contributed by atoms with Gasteiger partial charge in [-0.25, -0.2) is 0 Å². The maximum atomic E-state index is 8.27. The minimum atomic E-state index is 0. The standard InChI is InChI=1S/C8H9.C6H13O.U/c1-7-4-3-5-8(2)6-7;1-2-3-4-5-6-7;/h4-6H,1-2H3;7H,1-6H2;/q2*-1;+2. The number of aliphatic hydroxyl groups excluding tert-OH is 1. The van der Waals surface area contributed by atoms with Gasteiger partial charge in [0.15, 0.2) is 0 Å². The molecule has 16 heavy (non-hydrogen) atoms. The summed E-state index contributed by atoms with van der Waals surface area (Å²) in [6, 6.07) is 9.12. The molecule has 88 valence electrons. The molecule has 0 saturated carbocycles. The largest absolute Gasteiger partial charge is 2.00 e. The Labute approximate surface area is 124 Å². The molecule has 0 aliphatic carbocycles. The molecule has 0 saturated heterocycles. The van der Waals surface area contributed by atoms with Crippen molar-refractivity contribution in [1.82, 2.24) is 0 Å². The summed E-state index contributed by atoms with van der Waals surface area (Å²) >= 11 is 0. The van der Waals surface area contributed by atoms with Crippen molar-refractivity contribution < 1.29 is 36.2 Å². The van der Waals surface area contributed by atoms with Crippen molar-refractivity contribution in [1.29, 1.82) is 0 Å². The van der Waals surface area contributed by atoms with Gasteiger partial charge in [0.2, 0.25) is 0 Å². The van der Waals surface area contributed by atoms with E-state index >= 15 is 0 Å². The maximum absolute atomic E-state index is 8.27. The summed E-state index contributed by atoms with van der Waals surface area (Å²) in [5.74, 6) is 0. The van der Waals surface area contributed by atoms with Crippen LogP contribution in [0.15, 0.2) is 18.2 Å². The van der Waals surface area contributed by atoms with Gasteiger partial charge in [0.05, 0.1) is 0 Å². The fraction of sp³-hybridized carbons (Fsp3) is 0.500. The number of rotatable bonds is 4. The topological polar surface area (TPSA) is 20.2 Å². The van der Waals surface area contributed by atoms with Gasteiger partial charge < -0.3 is 12.0 Å². The molecule has 0 aliphatic rings. The summed E-state index contributed by atoms with van der Waals surface area (Å²) in [5, 5.41) is 8.27. The summed E-state index contributed by atoms with van der Waals surface area (Å²) in [4.78, 5) is 0. The molecule has 0 aliphatic heterocycles. The summed E-state index contributed by atoms with van der Waals surface area (Å²) in [5.41, 5.74) is 2.56. The van der Waals surface area contributed by atoms with Crippen molar-refractivity contribution >= 4 is 0 Å². The average Bonchev–Trinajstić information content (AvgIpc) is 2.19. The number of hydrogen-bond acceptors (Lipinski definition) is 1. The molecular weight excluding hydrogens is 422 g/mol. The minimum Gasteiger partial charge on any atom is -0.396 e. The van der Waals surface area contributed by atoms with E-state index in [0.29, 0.717) is 6.61 Å². The van der Waals surface area contributed by atoms with Crippen LogP contribution in [0.4, 0.5) is 0 Å². The second-order valence-electron chi connectivity index (χ2n) is 3.73. The van der Waals surface area contributed by atoms with Gasteiger partial charge in [-0.1, -0.05) is 26.7 Å². The quantitative estimate of drug-likeness (QED) is 0.557. The molecule has 1 rings (SSSR count). The number of aryl methyl sites for hydroxylation is 2. The summed E-state index contributed by atoms with van der Waals surface area (Å²) < 4.78 is 0. The summed E-state index contributed by atoms with van der Waals surface area (Å²) in [7, 11) is 0. The number of aliphatic hydroxyl groups is 1. The second kappa shape index (κ2) is 13.3. The zero-order valence-corrected chi connectivity index (χ0v) is 14.6. The van der Waals surface area contributed by atoms with E-state index < -0.39 is 0 Å². The Kier molecular flexibility index (Phi) is 15.5. The van der Waals surface area contributed by atoms with Crippen molar-refractivity contribution in [2.45, 2.75) is 39.5 Å². The first-order valence-corrected chi connectivity index (χ1v) is 5.55. The molecule has 0 heterocycles. The van der Waals surface area contributed by atoms with Crippen LogP contribution in [0.3, 0.4) is 0 Å². The van der Waals surface area contributed by atoms with E-state index in [4.69, 9.17) is 5.11 Å². The van der Waals surface area contributed by atoms with Crippen LogP contribution in [-0.2, 0) is 0 Å². The fourth-order valence-electron chi connectivity index (χ4n) is 1.21. The van der Waals surface area contributed by atoms with Crippen LogP contribution in [0.1, 0.15) is 36.8 Å². The molecule has 0 atom stereocenters. The first-order chi connectivity index (χ1) is 7.20. The van der Waals surface area contributed by atoms with Gasteiger partial charge in [-0.05, 0) is 6.42 Å². The predicted octanol–water partition coefficient (Wildman–Crippen LogP) is 3.48. The minimum absolute atomic E-state index is 0. The van der Waals surface area contributed by atoms with Crippen molar-refractivity contribution in [3.05, 3.63) is 42.3 Å². The van der Waals surface area contributed by atoms with Crippen LogP contribution in [0.5, 0.6) is 0 Å². The van der Waals surface area contributed by atoms with Gasteiger partial charge in [-0.3, -0.25) is 0 Å². The van der Waals surface area contributed by atoms with Crippen LogP contribution in [0.25, 0.3) is 0 Å². The van der Waals surface area contributed by atoms with E-state index in [1.807, 2.05) is 12.1 Å². The van der Waals surface area contributed by atoms with Gasteiger partial charge in [-0.15, -0.1) is 0 Å². The summed E-state index contributed by atoms with van der Waals surface area (Å²) in [6.45, 7) is 8.16. The van der Waals surface area contributed by atoms with Gasteiger partial charge in [0.1, 0.15) is 0 Å². The normalized spacial score (nSPS) is 8.75. The van der Waals surface area contributed by atoms with E-state index in [1.54, 1.807) is 0 Å². The zero-order chi connectivity index (χ0) is 11.5. The Bertz CT molecular complexity index is 227. The van der Waals surface area contributed by atoms with E-state index in [2.05, 4.69) is 32.9 Å². The Morgan fingerprint density at radius 3 is 2.00 bits per heavy atom. The third-order valence-electron chi connectivity index (χ3n) is 1.99. The molecule has 0 radical (unpaired) electrons. The third kappa shape index (κ3) is 12.3. The van der Waals surface area contributed by atoms with Gasteiger partial charge in [-0.2, -0.15) is 41.8 Å². The van der Waals surface area contributed by atoms with Gasteiger partial charge >= 0.3 is 31.1 Å². The second-order valence-corrected chi connectivity index (χ2v) is 3.73. The SMILES string of the molecule is Cc1c[c-]cc(C)c1.[CH2-]CCCCCO.[U+2]. The molecule has 2 heteroatoms. The average molecular weight is 444 g/mol. The molecule has 0 bridgehead atoms. The molecule has 0 amide bonds. The Morgan fingerprint density at radius 1 is 1.12 bits per heavy atom. The third-order valence-corrected chi connectivity index (χ3v) is 1.99. The van der Waals surface area contributed by atoms with Crippen molar-refractivity contribution in [2.75, 3.05) is 6.61 Å². The zero-order valence-electron chi connectivity index (χ0n) is 10.4. The molecule has 1 nitrogen and oxygen atoms in total. The summed E-state index contributed by atoms with van der Waals surface area (Å²) in [6.07, 6.45) is 4.22. The Balaban J connectivity index is 0. The van der Waals surface area contributed by atoms with Crippen LogP contribution in [0.2, 0.25) is 0 Å². The van der Waals surface area contributed by atoms with Gasteiger partial charge in [0.25, 0.3) is 0 Å².